The van der Waals surface area contributed by atoms with E-state index in [-0.39, 0.29) is 17.9 Å². The minimum absolute atomic E-state index is 0.0597. The number of carbonyl (C=O) groups is 2. The van der Waals surface area contributed by atoms with Gasteiger partial charge in [0, 0.05) is 31.1 Å². The molecule has 31 heavy (non-hydrogen) atoms. The van der Waals surface area contributed by atoms with Gasteiger partial charge in [-0.15, -0.1) is 11.3 Å². The van der Waals surface area contributed by atoms with Crippen molar-refractivity contribution < 1.29 is 9.59 Å². The Balaban J connectivity index is 1.43. The summed E-state index contributed by atoms with van der Waals surface area (Å²) < 4.78 is 0. The quantitative estimate of drug-likeness (QED) is 0.593. The molecule has 0 atom stereocenters. The van der Waals surface area contributed by atoms with Crippen molar-refractivity contribution in [3.63, 3.8) is 0 Å². The summed E-state index contributed by atoms with van der Waals surface area (Å²) >= 11 is 1.62. The van der Waals surface area contributed by atoms with Crippen LogP contribution in [0.25, 0.3) is 21.5 Å². The summed E-state index contributed by atoms with van der Waals surface area (Å²) in [6, 6.07) is 13.8. The van der Waals surface area contributed by atoms with Crippen LogP contribution < -0.4 is 10.6 Å². The summed E-state index contributed by atoms with van der Waals surface area (Å²) in [5, 5.41) is 9.02. The Morgan fingerprint density at radius 3 is 2.71 bits per heavy atom. The van der Waals surface area contributed by atoms with Crippen molar-refractivity contribution in [3.8, 4) is 10.6 Å². The highest BCUT2D eigenvalue weighted by Crippen LogP contribution is 2.28. The van der Waals surface area contributed by atoms with Crippen LogP contribution in [0.5, 0.6) is 0 Å². The van der Waals surface area contributed by atoms with Crippen LogP contribution in [0.15, 0.2) is 47.8 Å². The Morgan fingerprint density at radius 1 is 1.16 bits per heavy atom. The van der Waals surface area contributed by atoms with Gasteiger partial charge in [-0.25, -0.2) is 4.98 Å². The monoisotopic (exact) mass is 436 g/mol. The second-order valence-corrected chi connectivity index (χ2v) is 8.87. The van der Waals surface area contributed by atoms with Crippen molar-refractivity contribution in [2.45, 2.75) is 32.2 Å². The van der Waals surface area contributed by atoms with Gasteiger partial charge in [0.05, 0.1) is 28.2 Å². The largest absolute Gasteiger partial charge is 0.355 e. The maximum Gasteiger partial charge on any atom is 0.252 e. The fourth-order valence-corrected chi connectivity index (χ4v) is 4.62. The van der Waals surface area contributed by atoms with E-state index in [1.165, 1.54) is 0 Å². The van der Waals surface area contributed by atoms with Gasteiger partial charge in [-0.3, -0.25) is 14.5 Å². The number of amides is 2. The number of hydrogen-bond acceptors (Lipinski definition) is 5. The van der Waals surface area contributed by atoms with Gasteiger partial charge in [-0.2, -0.15) is 0 Å². The molecule has 0 bridgehead atoms. The molecule has 3 aromatic rings. The molecule has 1 aliphatic rings. The number of benzene rings is 1. The normalized spacial score (nSPS) is 15.1. The predicted octanol–water partition coefficient (Wildman–Crippen LogP) is 3.68. The van der Waals surface area contributed by atoms with Crippen molar-refractivity contribution >= 4 is 34.1 Å². The Bertz CT molecular complexity index is 1040. The molecule has 3 heterocycles. The average molecular weight is 437 g/mol. The molecule has 7 heteroatoms. The molecule has 0 unspecified atom stereocenters. The second kappa shape index (κ2) is 10.0. The lowest BCUT2D eigenvalue weighted by molar-refractivity contribution is -0.122. The lowest BCUT2D eigenvalue weighted by atomic mass is 10.0. The van der Waals surface area contributed by atoms with Crippen LogP contribution in [-0.2, 0) is 4.79 Å². The van der Waals surface area contributed by atoms with E-state index in [4.69, 9.17) is 4.98 Å². The number of nitrogens with one attached hydrogen (secondary N) is 2. The molecule has 6 nitrogen and oxygen atoms in total. The molecule has 1 saturated heterocycles. The van der Waals surface area contributed by atoms with Gasteiger partial charge in [0.25, 0.3) is 5.91 Å². The van der Waals surface area contributed by atoms with Crippen LogP contribution in [0.2, 0.25) is 0 Å². The third kappa shape index (κ3) is 5.29. The highest BCUT2D eigenvalue weighted by Gasteiger charge is 2.23. The highest BCUT2D eigenvalue weighted by molar-refractivity contribution is 7.13. The van der Waals surface area contributed by atoms with E-state index in [2.05, 4.69) is 15.5 Å². The number of piperidine rings is 1. The van der Waals surface area contributed by atoms with Crippen molar-refractivity contribution in [3.05, 3.63) is 53.4 Å². The predicted molar refractivity (Wildman–Crippen MR) is 125 cm³/mol. The minimum Gasteiger partial charge on any atom is -0.355 e. The van der Waals surface area contributed by atoms with Gasteiger partial charge in [0.1, 0.15) is 0 Å². The third-order valence-corrected chi connectivity index (χ3v) is 6.49. The van der Waals surface area contributed by atoms with Crippen LogP contribution in [0, 0.1) is 0 Å². The van der Waals surface area contributed by atoms with E-state index in [0.717, 1.165) is 60.4 Å². The fourth-order valence-electron chi connectivity index (χ4n) is 3.94. The Labute approximate surface area is 186 Å². The van der Waals surface area contributed by atoms with Crippen molar-refractivity contribution in [2.24, 2.45) is 0 Å². The second-order valence-electron chi connectivity index (χ2n) is 7.92. The molecule has 0 aliphatic carbocycles. The summed E-state index contributed by atoms with van der Waals surface area (Å²) in [6.45, 7) is 4.81. The van der Waals surface area contributed by atoms with Crippen LogP contribution in [0.3, 0.4) is 0 Å². The zero-order chi connectivity index (χ0) is 21.6. The zero-order valence-electron chi connectivity index (χ0n) is 17.8. The first-order valence-electron chi connectivity index (χ1n) is 10.9. The van der Waals surface area contributed by atoms with Gasteiger partial charge >= 0.3 is 0 Å². The first kappa shape index (κ1) is 21.5. The minimum atomic E-state index is -0.0597. The topological polar surface area (TPSA) is 74.3 Å². The molecule has 1 aromatic carbocycles. The summed E-state index contributed by atoms with van der Waals surface area (Å²) in [7, 11) is 0. The van der Waals surface area contributed by atoms with Crippen LogP contribution in [0.1, 0.15) is 36.5 Å². The molecule has 0 radical (unpaired) electrons. The SMILES string of the molecule is CCCNC(=O)CN1CCC(NC(=O)c2cc(-c3cccs3)nc3ccccc23)CC1. The van der Waals surface area contributed by atoms with E-state index in [0.29, 0.717) is 12.1 Å². The number of likely N-dealkylation sites (tertiary alicyclic amines) is 1. The van der Waals surface area contributed by atoms with E-state index >= 15 is 0 Å². The number of nitrogens with zero attached hydrogens (tertiary/aromatic N) is 2. The molecule has 1 aliphatic heterocycles. The first-order chi connectivity index (χ1) is 15.1. The van der Waals surface area contributed by atoms with E-state index in [1.807, 2.05) is 54.8 Å². The van der Waals surface area contributed by atoms with Crippen LogP contribution in [-0.4, -0.2) is 53.9 Å². The molecular formula is C24H28N4O2S. The highest BCUT2D eigenvalue weighted by atomic mass is 32.1. The lowest BCUT2D eigenvalue weighted by Gasteiger charge is -2.32. The van der Waals surface area contributed by atoms with Crippen molar-refractivity contribution in [1.82, 2.24) is 20.5 Å². The molecule has 1 fully saturated rings. The molecular weight excluding hydrogens is 408 g/mol. The molecule has 2 amide bonds. The lowest BCUT2D eigenvalue weighted by Crippen LogP contribution is -2.47. The fraction of sp³-hybridized carbons (Fsp3) is 0.375. The van der Waals surface area contributed by atoms with E-state index in [1.54, 1.807) is 11.3 Å². The van der Waals surface area contributed by atoms with Gasteiger partial charge in [0.2, 0.25) is 5.91 Å². The average Bonchev–Trinajstić information content (AvgIpc) is 3.33. The maximum atomic E-state index is 13.2. The first-order valence-corrected chi connectivity index (χ1v) is 11.8. The summed E-state index contributed by atoms with van der Waals surface area (Å²) in [6.07, 6.45) is 2.62. The Hall–Kier alpha value is -2.77. The van der Waals surface area contributed by atoms with Gasteiger partial charge in [0.15, 0.2) is 0 Å². The number of carbonyl (C=O) groups excluding carboxylic acids is 2. The van der Waals surface area contributed by atoms with Gasteiger partial charge < -0.3 is 10.6 Å². The number of pyridine rings is 1. The van der Waals surface area contributed by atoms with Crippen molar-refractivity contribution in [2.75, 3.05) is 26.2 Å². The van der Waals surface area contributed by atoms with Crippen molar-refractivity contribution in [1.29, 1.82) is 0 Å². The Kier molecular flexibility index (Phi) is 6.94. The van der Waals surface area contributed by atoms with Gasteiger partial charge in [-0.1, -0.05) is 31.2 Å². The molecule has 2 aromatic heterocycles. The van der Waals surface area contributed by atoms with E-state index in [9.17, 15) is 9.59 Å². The number of thiophene rings is 1. The Morgan fingerprint density at radius 2 is 1.97 bits per heavy atom. The number of hydrogen-bond donors (Lipinski definition) is 2. The molecule has 4 rings (SSSR count). The third-order valence-electron chi connectivity index (χ3n) is 5.60. The number of fused-ring (bicyclic) bond motifs is 1. The molecule has 2 N–H and O–H groups in total. The molecule has 0 spiro atoms. The number of para-hydroxylation sites is 1. The number of aromatic nitrogens is 1. The molecule has 0 saturated carbocycles. The standard InChI is InChI=1S/C24H28N4O2S/c1-2-11-25-23(29)16-28-12-9-17(10-13-28)26-24(30)19-15-21(22-8-5-14-31-22)27-20-7-4-3-6-18(19)20/h3-8,14-15,17H,2,9-13,16H2,1H3,(H,25,29)(H,26,30). The van der Waals surface area contributed by atoms with Gasteiger partial charge in [-0.05, 0) is 42.8 Å². The van der Waals surface area contributed by atoms with Crippen LogP contribution in [0.4, 0.5) is 0 Å². The molecule has 162 valence electrons. The summed E-state index contributed by atoms with van der Waals surface area (Å²) in [4.78, 5) is 33.1. The zero-order valence-corrected chi connectivity index (χ0v) is 18.6. The summed E-state index contributed by atoms with van der Waals surface area (Å²) in [5.41, 5.74) is 2.31. The van der Waals surface area contributed by atoms with E-state index < -0.39 is 0 Å². The van der Waals surface area contributed by atoms with Crippen LogP contribution >= 0.6 is 11.3 Å². The maximum absolute atomic E-state index is 13.2. The summed E-state index contributed by atoms with van der Waals surface area (Å²) in [5.74, 6) is 0.0178. The number of rotatable bonds is 7. The smallest absolute Gasteiger partial charge is 0.252 e.